The highest BCUT2D eigenvalue weighted by Gasteiger charge is 2.36. The van der Waals surface area contributed by atoms with E-state index in [0.29, 0.717) is 11.9 Å². The van der Waals surface area contributed by atoms with Crippen LogP contribution in [0.25, 0.3) is 0 Å². The molecule has 1 aromatic heterocycles. The van der Waals surface area contributed by atoms with Gasteiger partial charge >= 0.3 is 0 Å². The van der Waals surface area contributed by atoms with E-state index in [1.165, 1.54) is 17.7 Å². The van der Waals surface area contributed by atoms with Crippen molar-refractivity contribution in [3.05, 3.63) is 22.4 Å². The van der Waals surface area contributed by atoms with Gasteiger partial charge in [-0.15, -0.1) is 11.3 Å². The Kier molecular flexibility index (Phi) is 3.57. The summed E-state index contributed by atoms with van der Waals surface area (Å²) < 4.78 is 0. The summed E-state index contributed by atoms with van der Waals surface area (Å²) in [7, 11) is 0. The van der Waals surface area contributed by atoms with Gasteiger partial charge in [0, 0.05) is 22.9 Å². The normalized spacial score (nSPS) is 15.9. The minimum Gasteiger partial charge on any atom is -0.339 e. The van der Waals surface area contributed by atoms with Gasteiger partial charge in [-0.2, -0.15) is 0 Å². The van der Waals surface area contributed by atoms with E-state index in [1.807, 2.05) is 20.8 Å². The predicted octanol–water partition coefficient (Wildman–Crippen LogP) is 3.33. The molecule has 0 aromatic carbocycles. The second kappa shape index (κ2) is 4.81. The smallest absolute Gasteiger partial charge is 0.228 e. The van der Waals surface area contributed by atoms with Crippen molar-refractivity contribution in [1.82, 2.24) is 4.90 Å². The van der Waals surface area contributed by atoms with E-state index >= 15 is 0 Å². The zero-order valence-electron chi connectivity index (χ0n) is 10.9. The van der Waals surface area contributed by atoms with E-state index < -0.39 is 0 Å². The maximum absolute atomic E-state index is 12.3. The molecule has 1 aliphatic rings. The molecule has 0 radical (unpaired) electrons. The van der Waals surface area contributed by atoms with Crippen LogP contribution in [0.3, 0.4) is 0 Å². The van der Waals surface area contributed by atoms with Gasteiger partial charge < -0.3 is 4.90 Å². The van der Waals surface area contributed by atoms with Crippen LogP contribution in [-0.4, -0.2) is 23.4 Å². The summed E-state index contributed by atoms with van der Waals surface area (Å²) in [5.41, 5.74) is -0.252. The molecular weight excluding hydrogens is 230 g/mol. The topological polar surface area (TPSA) is 20.3 Å². The molecule has 1 amide bonds. The molecule has 0 saturated heterocycles. The highest BCUT2D eigenvalue weighted by molar-refractivity contribution is 7.09. The van der Waals surface area contributed by atoms with E-state index in [1.54, 1.807) is 11.3 Å². The van der Waals surface area contributed by atoms with Crippen molar-refractivity contribution in [3.8, 4) is 0 Å². The van der Waals surface area contributed by atoms with Crippen LogP contribution in [0.5, 0.6) is 0 Å². The first kappa shape index (κ1) is 12.6. The summed E-state index contributed by atoms with van der Waals surface area (Å²) in [6.07, 6.45) is 3.37. The fourth-order valence-electron chi connectivity index (χ4n) is 1.95. The molecule has 2 rings (SSSR count). The summed E-state index contributed by atoms with van der Waals surface area (Å²) in [6.45, 7) is 6.91. The van der Waals surface area contributed by atoms with E-state index in [2.05, 4.69) is 22.4 Å². The molecule has 1 fully saturated rings. The van der Waals surface area contributed by atoms with Gasteiger partial charge in [0.05, 0.1) is 0 Å². The lowest BCUT2D eigenvalue weighted by molar-refractivity contribution is -0.140. The van der Waals surface area contributed by atoms with Gasteiger partial charge in [0.1, 0.15) is 0 Å². The fourth-order valence-corrected chi connectivity index (χ4v) is 2.65. The van der Waals surface area contributed by atoms with E-state index in [-0.39, 0.29) is 5.41 Å². The summed E-state index contributed by atoms with van der Waals surface area (Å²) >= 11 is 1.78. The lowest BCUT2D eigenvalue weighted by Gasteiger charge is -2.29. The van der Waals surface area contributed by atoms with Gasteiger partial charge in [-0.1, -0.05) is 26.8 Å². The average molecular weight is 251 g/mol. The molecule has 1 aromatic rings. The highest BCUT2D eigenvalue weighted by atomic mass is 32.1. The molecule has 17 heavy (non-hydrogen) atoms. The third-order valence-corrected chi connectivity index (χ3v) is 4.01. The first-order valence-electron chi connectivity index (χ1n) is 6.32. The van der Waals surface area contributed by atoms with Crippen LogP contribution >= 0.6 is 11.3 Å². The number of thiophene rings is 1. The maximum Gasteiger partial charge on any atom is 0.228 e. The predicted molar refractivity (Wildman–Crippen MR) is 72.2 cm³/mol. The standard InChI is InChI=1S/C14H21NOS/c1-14(2,3)13(16)15(11-6-7-11)9-8-12-5-4-10-17-12/h4-5,10-11H,6-9H2,1-3H3. The van der Waals surface area contributed by atoms with Gasteiger partial charge in [0.25, 0.3) is 0 Å². The van der Waals surface area contributed by atoms with Gasteiger partial charge in [-0.25, -0.2) is 0 Å². The fraction of sp³-hybridized carbons (Fsp3) is 0.643. The molecule has 1 heterocycles. The van der Waals surface area contributed by atoms with Crippen LogP contribution in [0.1, 0.15) is 38.5 Å². The van der Waals surface area contributed by atoms with Crippen molar-refractivity contribution >= 4 is 17.2 Å². The van der Waals surface area contributed by atoms with Crippen LogP contribution < -0.4 is 0 Å². The number of amides is 1. The van der Waals surface area contributed by atoms with Crippen LogP contribution in [0.15, 0.2) is 17.5 Å². The molecule has 0 spiro atoms. The largest absolute Gasteiger partial charge is 0.339 e. The van der Waals surface area contributed by atoms with Crippen molar-refractivity contribution in [3.63, 3.8) is 0 Å². The van der Waals surface area contributed by atoms with Gasteiger partial charge in [0.15, 0.2) is 0 Å². The van der Waals surface area contributed by atoms with Crippen LogP contribution in [0.4, 0.5) is 0 Å². The van der Waals surface area contributed by atoms with E-state index in [4.69, 9.17) is 0 Å². The Bertz CT molecular complexity index is 373. The number of nitrogens with zero attached hydrogens (tertiary/aromatic N) is 1. The summed E-state index contributed by atoms with van der Waals surface area (Å²) in [4.78, 5) is 15.8. The molecule has 0 atom stereocenters. The van der Waals surface area contributed by atoms with E-state index in [0.717, 1.165) is 13.0 Å². The minimum absolute atomic E-state index is 0.252. The van der Waals surface area contributed by atoms with Crippen molar-refractivity contribution in [1.29, 1.82) is 0 Å². The van der Waals surface area contributed by atoms with Crippen LogP contribution in [0, 0.1) is 5.41 Å². The first-order valence-corrected chi connectivity index (χ1v) is 7.20. The van der Waals surface area contributed by atoms with Gasteiger partial charge in [-0.3, -0.25) is 4.79 Å². The van der Waals surface area contributed by atoms with Gasteiger partial charge in [0.2, 0.25) is 5.91 Å². The lowest BCUT2D eigenvalue weighted by atomic mass is 9.94. The highest BCUT2D eigenvalue weighted by Crippen LogP contribution is 2.31. The number of carbonyl (C=O) groups excluding carboxylic acids is 1. The Morgan fingerprint density at radius 1 is 1.47 bits per heavy atom. The lowest BCUT2D eigenvalue weighted by Crippen LogP contribution is -2.42. The summed E-state index contributed by atoms with van der Waals surface area (Å²) in [5.74, 6) is 0.302. The van der Waals surface area contributed by atoms with Crippen LogP contribution in [0.2, 0.25) is 0 Å². The summed E-state index contributed by atoms with van der Waals surface area (Å²) in [5, 5.41) is 2.10. The molecule has 3 heteroatoms. The summed E-state index contributed by atoms with van der Waals surface area (Å²) in [6, 6.07) is 4.74. The second-order valence-electron chi connectivity index (χ2n) is 5.81. The zero-order chi connectivity index (χ0) is 12.5. The van der Waals surface area contributed by atoms with Crippen molar-refractivity contribution in [2.24, 2.45) is 5.41 Å². The maximum atomic E-state index is 12.3. The molecule has 0 bridgehead atoms. The van der Waals surface area contributed by atoms with Crippen molar-refractivity contribution < 1.29 is 4.79 Å². The molecule has 0 unspecified atom stereocenters. The number of hydrogen-bond donors (Lipinski definition) is 0. The minimum atomic E-state index is -0.252. The Hall–Kier alpha value is -0.830. The average Bonchev–Trinajstić information content (AvgIpc) is 2.94. The van der Waals surface area contributed by atoms with E-state index in [9.17, 15) is 4.79 Å². The Balaban J connectivity index is 1.96. The molecule has 1 saturated carbocycles. The third kappa shape index (κ3) is 3.32. The Morgan fingerprint density at radius 3 is 2.65 bits per heavy atom. The molecule has 0 aliphatic heterocycles. The van der Waals surface area contributed by atoms with Crippen LogP contribution in [-0.2, 0) is 11.2 Å². The molecular formula is C14H21NOS. The SMILES string of the molecule is CC(C)(C)C(=O)N(CCc1cccs1)C1CC1. The van der Waals surface area contributed by atoms with Gasteiger partial charge in [-0.05, 0) is 30.7 Å². The molecule has 1 aliphatic carbocycles. The quantitative estimate of drug-likeness (QED) is 0.804. The molecule has 94 valence electrons. The van der Waals surface area contributed by atoms with Crippen molar-refractivity contribution in [2.75, 3.05) is 6.54 Å². The number of rotatable bonds is 4. The monoisotopic (exact) mass is 251 g/mol. The molecule has 0 N–H and O–H groups in total. The second-order valence-corrected chi connectivity index (χ2v) is 6.84. The van der Waals surface area contributed by atoms with Crippen molar-refractivity contribution in [2.45, 2.75) is 46.1 Å². The Morgan fingerprint density at radius 2 is 2.18 bits per heavy atom. The third-order valence-electron chi connectivity index (χ3n) is 3.07. The first-order chi connectivity index (χ1) is 7.98. The molecule has 2 nitrogen and oxygen atoms in total. The number of hydrogen-bond acceptors (Lipinski definition) is 2. The Labute approximate surface area is 108 Å². The number of carbonyl (C=O) groups is 1. The zero-order valence-corrected chi connectivity index (χ0v) is 11.7.